The molecule has 0 aromatic carbocycles. The summed E-state index contributed by atoms with van der Waals surface area (Å²) in [5.41, 5.74) is 5.69. The number of rotatable bonds is 9. The molecule has 0 saturated carbocycles. The van der Waals surface area contributed by atoms with Crippen molar-refractivity contribution in [2.24, 2.45) is 5.73 Å². The average molecular weight is 263 g/mol. The summed E-state index contributed by atoms with van der Waals surface area (Å²) in [5.74, 6) is -3.51. The molecule has 0 aliphatic heterocycles. The Bertz CT molecular complexity index is 305. The summed E-state index contributed by atoms with van der Waals surface area (Å²) in [6.45, 7) is 0.131. The SMILES string of the molecule is CC(NCC(=O)O)C(N)N(CC(=O)O)CC(=O)O. The van der Waals surface area contributed by atoms with E-state index in [0.29, 0.717) is 0 Å². The van der Waals surface area contributed by atoms with Gasteiger partial charge in [-0.25, -0.2) is 0 Å². The molecular weight excluding hydrogens is 246 g/mol. The van der Waals surface area contributed by atoms with Gasteiger partial charge < -0.3 is 26.4 Å². The van der Waals surface area contributed by atoms with Gasteiger partial charge in [0.25, 0.3) is 0 Å². The van der Waals surface area contributed by atoms with Crippen molar-refractivity contribution in [3.63, 3.8) is 0 Å². The van der Waals surface area contributed by atoms with Gasteiger partial charge >= 0.3 is 17.9 Å². The van der Waals surface area contributed by atoms with Gasteiger partial charge in [-0.3, -0.25) is 19.3 Å². The van der Waals surface area contributed by atoms with Gasteiger partial charge in [0.05, 0.1) is 25.8 Å². The minimum atomic E-state index is -1.21. The molecule has 0 rings (SSSR count). The Morgan fingerprint density at radius 3 is 1.89 bits per heavy atom. The Kier molecular flexibility index (Phi) is 6.86. The van der Waals surface area contributed by atoms with Crippen molar-refractivity contribution in [1.82, 2.24) is 10.2 Å². The summed E-state index contributed by atoms with van der Waals surface area (Å²) in [6.07, 6.45) is -0.920. The number of hydrogen-bond acceptors (Lipinski definition) is 6. The van der Waals surface area contributed by atoms with Crippen LogP contribution >= 0.6 is 0 Å². The number of aliphatic carboxylic acids is 3. The predicted octanol–water partition coefficient (Wildman–Crippen LogP) is -2.19. The van der Waals surface area contributed by atoms with Gasteiger partial charge in [-0.15, -0.1) is 0 Å². The molecule has 0 radical (unpaired) electrons. The number of hydrogen-bond donors (Lipinski definition) is 5. The van der Waals surface area contributed by atoms with Crippen molar-refractivity contribution in [3.05, 3.63) is 0 Å². The summed E-state index contributed by atoms with van der Waals surface area (Å²) in [6, 6.07) is -0.570. The number of nitrogens with one attached hydrogen (secondary N) is 1. The first-order valence-corrected chi connectivity index (χ1v) is 5.12. The Morgan fingerprint density at radius 1 is 1.11 bits per heavy atom. The lowest BCUT2D eigenvalue weighted by molar-refractivity contribution is -0.143. The molecule has 9 nitrogen and oxygen atoms in total. The summed E-state index contributed by atoms with van der Waals surface area (Å²) in [4.78, 5) is 32.5. The lowest BCUT2D eigenvalue weighted by atomic mass is 10.2. The van der Waals surface area contributed by atoms with Crippen molar-refractivity contribution in [3.8, 4) is 0 Å². The van der Waals surface area contributed by atoms with Gasteiger partial charge in [0.1, 0.15) is 0 Å². The zero-order chi connectivity index (χ0) is 14.3. The molecule has 0 fully saturated rings. The second-order valence-electron chi connectivity index (χ2n) is 3.75. The zero-order valence-electron chi connectivity index (χ0n) is 9.87. The van der Waals surface area contributed by atoms with E-state index in [2.05, 4.69) is 5.32 Å². The topological polar surface area (TPSA) is 153 Å². The van der Waals surface area contributed by atoms with E-state index in [0.717, 1.165) is 4.90 Å². The van der Waals surface area contributed by atoms with Gasteiger partial charge in [-0.1, -0.05) is 0 Å². The quantitative estimate of drug-likeness (QED) is 0.292. The fourth-order valence-corrected chi connectivity index (χ4v) is 1.30. The van der Waals surface area contributed by atoms with Crippen LogP contribution < -0.4 is 11.1 Å². The highest BCUT2D eigenvalue weighted by molar-refractivity contribution is 5.72. The number of nitrogens with zero attached hydrogens (tertiary/aromatic N) is 1. The average Bonchev–Trinajstić information content (AvgIpc) is 2.22. The molecule has 0 aliphatic carbocycles. The van der Waals surface area contributed by atoms with Crippen LogP contribution in [-0.2, 0) is 14.4 Å². The van der Waals surface area contributed by atoms with E-state index in [4.69, 9.17) is 21.1 Å². The molecule has 2 unspecified atom stereocenters. The van der Waals surface area contributed by atoms with Crippen molar-refractivity contribution in [1.29, 1.82) is 0 Å². The fraction of sp³-hybridized carbons (Fsp3) is 0.667. The predicted molar refractivity (Wildman–Crippen MR) is 59.9 cm³/mol. The first-order chi connectivity index (χ1) is 8.23. The Labute approximate surface area is 103 Å². The second kappa shape index (κ2) is 7.58. The van der Waals surface area contributed by atoms with Gasteiger partial charge in [0.15, 0.2) is 0 Å². The fourth-order valence-electron chi connectivity index (χ4n) is 1.30. The molecule has 0 amide bonds. The van der Waals surface area contributed by atoms with E-state index in [1.165, 1.54) is 0 Å². The van der Waals surface area contributed by atoms with E-state index < -0.39 is 43.2 Å². The van der Waals surface area contributed by atoms with Crippen LogP contribution in [0.1, 0.15) is 6.92 Å². The Morgan fingerprint density at radius 2 is 1.56 bits per heavy atom. The lowest BCUT2D eigenvalue weighted by Gasteiger charge is -2.30. The van der Waals surface area contributed by atoms with Crippen molar-refractivity contribution >= 4 is 17.9 Å². The van der Waals surface area contributed by atoms with E-state index >= 15 is 0 Å². The third kappa shape index (κ3) is 6.78. The van der Waals surface area contributed by atoms with Gasteiger partial charge in [-0.2, -0.15) is 0 Å². The summed E-state index contributed by atoms with van der Waals surface area (Å²) >= 11 is 0. The maximum absolute atomic E-state index is 10.6. The molecule has 104 valence electrons. The number of nitrogens with two attached hydrogens (primary N) is 1. The molecule has 0 bridgehead atoms. The van der Waals surface area contributed by atoms with Crippen molar-refractivity contribution in [2.45, 2.75) is 19.1 Å². The van der Waals surface area contributed by atoms with Crippen LogP contribution in [0.15, 0.2) is 0 Å². The molecule has 0 heterocycles. The van der Waals surface area contributed by atoms with Crippen molar-refractivity contribution in [2.75, 3.05) is 19.6 Å². The van der Waals surface area contributed by atoms with Gasteiger partial charge in [-0.05, 0) is 6.92 Å². The highest BCUT2D eigenvalue weighted by Crippen LogP contribution is 1.99. The van der Waals surface area contributed by atoms with Crippen LogP contribution in [-0.4, -0.2) is 70.0 Å². The van der Waals surface area contributed by atoms with E-state index in [1.807, 2.05) is 0 Å². The normalized spacial score (nSPS) is 14.2. The molecular formula is C9H17N3O6. The molecule has 0 aromatic heterocycles. The summed E-state index contributed by atoms with van der Waals surface area (Å²) < 4.78 is 0. The highest BCUT2D eigenvalue weighted by atomic mass is 16.4. The first-order valence-electron chi connectivity index (χ1n) is 5.12. The van der Waals surface area contributed by atoms with Gasteiger partial charge in [0.2, 0.25) is 0 Å². The standard InChI is InChI=1S/C9H17N3O6/c1-5(11-2-6(13)14)9(10)12(3-7(15)16)4-8(17)18/h5,9,11H,2-4,10H2,1H3,(H,13,14)(H,15,16)(H,17,18). The summed E-state index contributed by atoms with van der Waals surface area (Å²) in [5, 5.41) is 28.3. The highest BCUT2D eigenvalue weighted by Gasteiger charge is 2.24. The molecule has 0 aromatic rings. The molecule has 0 aliphatic rings. The smallest absolute Gasteiger partial charge is 0.317 e. The Hall–Kier alpha value is -1.71. The maximum Gasteiger partial charge on any atom is 0.317 e. The van der Waals surface area contributed by atoms with Gasteiger partial charge in [0, 0.05) is 6.04 Å². The number of carbonyl (C=O) groups is 3. The van der Waals surface area contributed by atoms with Crippen molar-refractivity contribution < 1.29 is 29.7 Å². The third-order valence-corrected chi connectivity index (χ3v) is 2.19. The van der Waals surface area contributed by atoms with E-state index in [1.54, 1.807) is 6.92 Å². The molecule has 18 heavy (non-hydrogen) atoms. The summed E-state index contributed by atoms with van der Waals surface area (Å²) in [7, 11) is 0. The number of carboxylic acid groups (broad SMARTS) is 3. The van der Waals surface area contributed by atoms with Crippen LogP contribution in [0.5, 0.6) is 0 Å². The maximum atomic E-state index is 10.6. The van der Waals surface area contributed by atoms with Crippen LogP contribution in [0.25, 0.3) is 0 Å². The molecule has 0 saturated heterocycles. The largest absolute Gasteiger partial charge is 0.480 e. The van der Waals surface area contributed by atoms with E-state index in [-0.39, 0.29) is 6.54 Å². The second-order valence-corrected chi connectivity index (χ2v) is 3.75. The monoisotopic (exact) mass is 263 g/mol. The Balaban J connectivity index is 4.51. The van der Waals surface area contributed by atoms with Crippen LogP contribution in [0, 0.1) is 0 Å². The first kappa shape index (κ1) is 16.3. The minimum absolute atomic E-state index is 0.344. The minimum Gasteiger partial charge on any atom is -0.480 e. The molecule has 9 heteroatoms. The lowest BCUT2D eigenvalue weighted by Crippen LogP contribution is -2.57. The molecule has 2 atom stereocenters. The molecule has 0 spiro atoms. The van der Waals surface area contributed by atoms with Crippen LogP contribution in [0.4, 0.5) is 0 Å². The van der Waals surface area contributed by atoms with Crippen LogP contribution in [0.3, 0.4) is 0 Å². The zero-order valence-corrected chi connectivity index (χ0v) is 9.87. The molecule has 6 N–H and O–H groups in total. The van der Waals surface area contributed by atoms with E-state index in [9.17, 15) is 14.4 Å². The third-order valence-electron chi connectivity index (χ3n) is 2.19. The van der Waals surface area contributed by atoms with Crippen LogP contribution in [0.2, 0.25) is 0 Å². The number of carboxylic acids is 3.